The van der Waals surface area contributed by atoms with Gasteiger partial charge < -0.3 is 16.0 Å². The number of likely N-dealkylation sites (N-methyl/N-ethyl adjacent to an activating group) is 1. The van der Waals surface area contributed by atoms with Crippen LogP contribution in [0.1, 0.15) is 49.9 Å². The van der Waals surface area contributed by atoms with Crippen molar-refractivity contribution in [3.8, 4) is 0 Å². The summed E-state index contributed by atoms with van der Waals surface area (Å²) < 4.78 is 0. The zero-order valence-electron chi connectivity index (χ0n) is 13.8. The van der Waals surface area contributed by atoms with Crippen LogP contribution >= 0.6 is 0 Å². The van der Waals surface area contributed by atoms with Gasteiger partial charge >= 0.3 is 0 Å². The number of hydrogen-bond acceptors (Lipinski definition) is 5. The number of aromatic nitrogens is 2. The van der Waals surface area contributed by atoms with Gasteiger partial charge in [0.2, 0.25) is 0 Å². The number of carbonyl (C=O) groups excluding carboxylic acids is 1. The van der Waals surface area contributed by atoms with Gasteiger partial charge in [0.05, 0.1) is 11.9 Å². The minimum atomic E-state index is -0.239. The average Bonchev–Trinajstić information content (AvgIpc) is 2.37. The Morgan fingerprint density at radius 3 is 2.43 bits per heavy atom. The predicted octanol–water partition coefficient (Wildman–Crippen LogP) is 1.50. The van der Waals surface area contributed by atoms with Crippen LogP contribution in [0.15, 0.2) is 6.20 Å². The molecule has 0 aliphatic heterocycles. The Labute approximate surface area is 127 Å². The molecule has 6 heteroatoms. The van der Waals surface area contributed by atoms with Gasteiger partial charge in [-0.2, -0.15) is 0 Å². The van der Waals surface area contributed by atoms with Crippen LogP contribution < -0.4 is 11.1 Å². The zero-order valence-corrected chi connectivity index (χ0v) is 13.8. The first kappa shape index (κ1) is 17.4. The van der Waals surface area contributed by atoms with Gasteiger partial charge in [-0.25, -0.2) is 9.97 Å². The Balaban J connectivity index is 2.94. The van der Waals surface area contributed by atoms with Crippen LogP contribution in [0.2, 0.25) is 0 Å². The third-order valence-corrected chi connectivity index (χ3v) is 3.25. The van der Waals surface area contributed by atoms with Gasteiger partial charge in [-0.1, -0.05) is 27.7 Å². The van der Waals surface area contributed by atoms with Crippen LogP contribution in [0.5, 0.6) is 0 Å². The van der Waals surface area contributed by atoms with Crippen LogP contribution in [0.25, 0.3) is 0 Å². The SMILES string of the molecule is CC(C)c1ncc(N)c(C(=O)NC(CN(C)C)C(C)C)n1. The van der Waals surface area contributed by atoms with Crippen molar-refractivity contribution in [2.75, 3.05) is 26.4 Å². The first-order valence-corrected chi connectivity index (χ1v) is 7.30. The number of nitrogens with two attached hydrogens (primary N) is 1. The fraction of sp³-hybridized carbons (Fsp3) is 0.667. The van der Waals surface area contributed by atoms with Crippen LogP contribution in [-0.4, -0.2) is 47.5 Å². The van der Waals surface area contributed by atoms with E-state index in [1.165, 1.54) is 6.20 Å². The topological polar surface area (TPSA) is 84.1 Å². The lowest BCUT2D eigenvalue weighted by Crippen LogP contribution is -2.45. The van der Waals surface area contributed by atoms with Crippen molar-refractivity contribution in [3.63, 3.8) is 0 Å². The van der Waals surface area contributed by atoms with E-state index in [0.29, 0.717) is 17.4 Å². The first-order chi connectivity index (χ1) is 9.72. The summed E-state index contributed by atoms with van der Waals surface area (Å²) in [6.45, 7) is 8.90. The lowest BCUT2D eigenvalue weighted by molar-refractivity contribution is 0.0912. The van der Waals surface area contributed by atoms with E-state index in [1.54, 1.807) is 0 Å². The summed E-state index contributed by atoms with van der Waals surface area (Å²) >= 11 is 0. The lowest BCUT2D eigenvalue weighted by atomic mass is 10.0. The van der Waals surface area contributed by atoms with Crippen molar-refractivity contribution in [1.29, 1.82) is 0 Å². The molecule has 1 rings (SSSR count). The third kappa shape index (κ3) is 4.97. The molecule has 0 radical (unpaired) electrons. The Bertz CT molecular complexity index is 485. The molecule has 0 aromatic carbocycles. The molecular formula is C15H27N5O. The van der Waals surface area contributed by atoms with Gasteiger partial charge in [-0.3, -0.25) is 4.79 Å². The van der Waals surface area contributed by atoms with E-state index in [1.807, 2.05) is 32.8 Å². The second-order valence-corrected chi connectivity index (χ2v) is 6.27. The molecule has 1 aromatic rings. The summed E-state index contributed by atoms with van der Waals surface area (Å²) in [7, 11) is 3.97. The van der Waals surface area contributed by atoms with E-state index in [0.717, 1.165) is 6.54 Å². The second-order valence-electron chi connectivity index (χ2n) is 6.27. The molecule has 6 nitrogen and oxygen atoms in total. The van der Waals surface area contributed by atoms with E-state index in [9.17, 15) is 4.79 Å². The molecule has 0 saturated carbocycles. The zero-order chi connectivity index (χ0) is 16.2. The largest absolute Gasteiger partial charge is 0.396 e. The maximum Gasteiger partial charge on any atom is 0.272 e. The maximum atomic E-state index is 12.4. The van der Waals surface area contributed by atoms with Crippen molar-refractivity contribution < 1.29 is 4.79 Å². The molecule has 1 unspecified atom stereocenters. The van der Waals surface area contributed by atoms with Gasteiger partial charge in [-0.15, -0.1) is 0 Å². The summed E-state index contributed by atoms with van der Waals surface area (Å²) in [4.78, 5) is 22.9. The normalized spacial score (nSPS) is 13.0. The highest BCUT2D eigenvalue weighted by Crippen LogP contribution is 2.14. The van der Waals surface area contributed by atoms with E-state index in [2.05, 4.69) is 29.1 Å². The summed E-state index contributed by atoms with van der Waals surface area (Å²) in [5.41, 5.74) is 6.42. The Morgan fingerprint density at radius 2 is 1.95 bits per heavy atom. The highest BCUT2D eigenvalue weighted by atomic mass is 16.2. The quantitative estimate of drug-likeness (QED) is 0.830. The van der Waals surface area contributed by atoms with Crippen molar-refractivity contribution in [1.82, 2.24) is 20.2 Å². The molecule has 0 aliphatic carbocycles. The van der Waals surface area contributed by atoms with Crippen LogP contribution in [-0.2, 0) is 0 Å². The number of carbonyl (C=O) groups is 1. The molecule has 1 amide bonds. The number of hydrogen-bond donors (Lipinski definition) is 2. The molecule has 1 aromatic heterocycles. The average molecular weight is 293 g/mol. The van der Waals surface area contributed by atoms with Crippen molar-refractivity contribution in [3.05, 3.63) is 17.7 Å². The summed E-state index contributed by atoms with van der Waals surface area (Å²) in [6, 6.07) is 0.0457. The standard InChI is InChI=1S/C15H27N5O/c1-9(2)12(8-20(5)6)18-15(21)13-11(16)7-17-14(19-13)10(3)4/h7,9-10,12H,8,16H2,1-6H3,(H,18,21). The minimum absolute atomic E-state index is 0.0457. The molecule has 21 heavy (non-hydrogen) atoms. The van der Waals surface area contributed by atoms with Gasteiger partial charge in [0.1, 0.15) is 5.82 Å². The van der Waals surface area contributed by atoms with E-state index >= 15 is 0 Å². The second kappa shape index (κ2) is 7.36. The Hall–Kier alpha value is -1.69. The van der Waals surface area contributed by atoms with Crippen LogP contribution in [0.4, 0.5) is 5.69 Å². The number of amides is 1. The number of nitrogens with zero attached hydrogens (tertiary/aromatic N) is 3. The number of nitrogen functional groups attached to an aromatic ring is 1. The summed E-state index contributed by atoms with van der Waals surface area (Å²) in [5, 5.41) is 3.02. The summed E-state index contributed by atoms with van der Waals surface area (Å²) in [5.74, 6) is 0.865. The molecule has 3 N–H and O–H groups in total. The molecule has 118 valence electrons. The molecule has 0 saturated heterocycles. The molecule has 0 fully saturated rings. The predicted molar refractivity (Wildman–Crippen MR) is 85.2 cm³/mol. The van der Waals surface area contributed by atoms with Gasteiger partial charge in [0.15, 0.2) is 5.69 Å². The van der Waals surface area contributed by atoms with E-state index < -0.39 is 0 Å². The molecule has 1 heterocycles. The monoisotopic (exact) mass is 293 g/mol. The summed E-state index contributed by atoms with van der Waals surface area (Å²) in [6.07, 6.45) is 1.51. The van der Waals surface area contributed by atoms with Crippen molar-refractivity contribution in [2.45, 2.75) is 39.7 Å². The van der Waals surface area contributed by atoms with E-state index in [-0.39, 0.29) is 23.6 Å². The van der Waals surface area contributed by atoms with Crippen molar-refractivity contribution >= 4 is 11.6 Å². The minimum Gasteiger partial charge on any atom is -0.396 e. The number of nitrogens with one attached hydrogen (secondary N) is 1. The van der Waals surface area contributed by atoms with Crippen molar-refractivity contribution in [2.24, 2.45) is 5.92 Å². The Morgan fingerprint density at radius 1 is 1.33 bits per heavy atom. The lowest BCUT2D eigenvalue weighted by Gasteiger charge is -2.25. The van der Waals surface area contributed by atoms with Gasteiger partial charge in [0, 0.05) is 18.5 Å². The molecule has 0 bridgehead atoms. The smallest absolute Gasteiger partial charge is 0.272 e. The number of anilines is 1. The van der Waals surface area contributed by atoms with E-state index in [4.69, 9.17) is 5.73 Å². The fourth-order valence-electron chi connectivity index (χ4n) is 1.92. The molecule has 1 atom stereocenters. The Kier molecular flexibility index (Phi) is 6.08. The van der Waals surface area contributed by atoms with Crippen LogP contribution in [0.3, 0.4) is 0 Å². The van der Waals surface area contributed by atoms with Gasteiger partial charge in [-0.05, 0) is 20.0 Å². The fourth-order valence-corrected chi connectivity index (χ4v) is 1.92. The molecule has 0 spiro atoms. The maximum absolute atomic E-state index is 12.4. The van der Waals surface area contributed by atoms with Crippen LogP contribution in [0, 0.1) is 5.92 Å². The molecule has 0 aliphatic rings. The number of rotatable bonds is 6. The first-order valence-electron chi connectivity index (χ1n) is 7.30. The third-order valence-electron chi connectivity index (χ3n) is 3.25. The highest BCUT2D eigenvalue weighted by Gasteiger charge is 2.21. The highest BCUT2D eigenvalue weighted by molar-refractivity contribution is 5.97. The van der Waals surface area contributed by atoms with Gasteiger partial charge in [0.25, 0.3) is 5.91 Å². The molecular weight excluding hydrogens is 266 g/mol.